The number of aromatic amines is 1. The van der Waals surface area contributed by atoms with Crippen LogP contribution in [0.4, 0.5) is 27.3 Å². The number of halogens is 1. The summed E-state index contributed by atoms with van der Waals surface area (Å²) in [6.07, 6.45) is 1.24. The Kier molecular flexibility index (Phi) is 7.74. The van der Waals surface area contributed by atoms with Gasteiger partial charge in [0.2, 0.25) is 5.91 Å². The van der Waals surface area contributed by atoms with E-state index in [1.54, 1.807) is 19.2 Å². The quantitative estimate of drug-likeness (QED) is 0.257. The third-order valence-corrected chi connectivity index (χ3v) is 6.05. The van der Waals surface area contributed by atoms with Crippen molar-refractivity contribution in [3.63, 3.8) is 0 Å². The second-order valence-corrected chi connectivity index (χ2v) is 8.95. The third-order valence-electron chi connectivity index (χ3n) is 6.05. The number of hydrogen-bond acceptors (Lipinski definition) is 6. The number of fused-ring (bicyclic) bond motifs is 1. The smallest absolute Gasteiger partial charge is 0.247 e. The van der Waals surface area contributed by atoms with Crippen LogP contribution in [0.2, 0.25) is 0 Å². The summed E-state index contributed by atoms with van der Waals surface area (Å²) in [6, 6.07) is 16.0. The Bertz CT molecular complexity index is 1410. The van der Waals surface area contributed by atoms with Crippen LogP contribution in [-0.2, 0) is 4.79 Å². The zero-order chi connectivity index (χ0) is 26.5. The van der Waals surface area contributed by atoms with Crippen LogP contribution in [0.5, 0.6) is 5.75 Å². The first-order valence-electron chi connectivity index (χ1n) is 11.8. The van der Waals surface area contributed by atoms with E-state index in [1.165, 1.54) is 18.2 Å². The molecule has 3 N–H and O–H groups in total. The fraction of sp³-hybridized carbons (Fsp3) is 0.214. The number of likely N-dealkylation sites (N-methyl/N-ethyl adjacent to an activating group) is 2. The Morgan fingerprint density at radius 2 is 1.78 bits per heavy atom. The van der Waals surface area contributed by atoms with E-state index >= 15 is 0 Å². The molecule has 0 atom stereocenters. The number of carbonyl (C=O) groups excluding carboxylic acids is 1. The Morgan fingerprint density at radius 1 is 1.05 bits per heavy atom. The molecule has 0 radical (unpaired) electrons. The molecule has 0 unspecified atom stereocenters. The molecule has 0 saturated carbocycles. The van der Waals surface area contributed by atoms with Crippen LogP contribution < -0.4 is 20.3 Å². The van der Waals surface area contributed by atoms with E-state index < -0.39 is 0 Å². The van der Waals surface area contributed by atoms with Gasteiger partial charge in [-0.25, -0.2) is 4.39 Å². The number of methoxy groups -OCH3 is 1. The molecule has 1 heterocycles. The molecule has 0 saturated heterocycles. The van der Waals surface area contributed by atoms with Gasteiger partial charge in [-0.3, -0.25) is 9.89 Å². The van der Waals surface area contributed by atoms with E-state index in [0.717, 1.165) is 40.8 Å². The lowest BCUT2D eigenvalue weighted by atomic mass is 10.0. The molecule has 192 valence electrons. The lowest BCUT2D eigenvalue weighted by Crippen LogP contribution is -2.29. The van der Waals surface area contributed by atoms with Crippen LogP contribution in [0.25, 0.3) is 22.0 Å². The molecular weight excluding hydrogens is 471 g/mol. The van der Waals surface area contributed by atoms with Gasteiger partial charge in [0.1, 0.15) is 11.6 Å². The molecular formula is C28H31FN6O2. The molecule has 9 heteroatoms. The molecule has 1 amide bonds. The minimum Gasteiger partial charge on any atom is -0.494 e. The average molecular weight is 503 g/mol. The van der Waals surface area contributed by atoms with Crippen molar-refractivity contribution >= 4 is 39.7 Å². The summed E-state index contributed by atoms with van der Waals surface area (Å²) in [5.41, 5.74) is 4.75. The predicted octanol–water partition coefficient (Wildman–Crippen LogP) is 5.24. The van der Waals surface area contributed by atoms with Crippen molar-refractivity contribution < 1.29 is 13.9 Å². The van der Waals surface area contributed by atoms with Crippen LogP contribution in [0.3, 0.4) is 0 Å². The maximum atomic E-state index is 13.3. The van der Waals surface area contributed by atoms with Crippen LogP contribution in [0.15, 0.2) is 67.3 Å². The molecule has 4 aromatic rings. The zero-order valence-corrected chi connectivity index (χ0v) is 21.4. The van der Waals surface area contributed by atoms with Crippen molar-refractivity contribution in [2.45, 2.75) is 0 Å². The second-order valence-electron chi connectivity index (χ2n) is 8.95. The van der Waals surface area contributed by atoms with E-state index in [2.05, 4.69) is 37.2 Å². The highest BCUT2D eigenvalue weighted by molar-refractivity contribution is 6.02. The van der Waals surface area contributed by atoms with Gasteiger partial charge in [-0.15, -0.1) is 0 Å². The van der Waals surface area contributed by atoms with Crippen molar-refractivity contribution in [1.82, 2.24) is 15.1 Å². The van der Waals surface area contributed by atoms with Crippen molar-refractivity contribution in [1.29, 1.82) is 0 Å². The van der Waals surface area contributed by atoms with Crippen LogP contribution >= 0.6 is 0 Å². The van der Waals surface area contributed by atoms with E-state index in [1.807, 2.05) is 51.5 Å². The highest BCUT2D eigenvalue weighted by Crippen LogP contribution is 2.39. The fourth-order valence-corrected chi connectivity index (χ4v) is 3.97. The normalized spacial score (nSPS) is 11.0. The maximum absolute atomic E-state index is 13.3. The molecule has 37 heavy (non-hydrogen) atoms. The standard InChI is InChI=1S/C28H31FN6O2/c1-6-27(36)30-23-16-24(26(37-5)17-25(23)35(4)14-13-34(2)3)31-28-21-12-9-19(15-22(21)32-33-28)18-7-10-20(29)11-8-18/h6-12,15-17H,1,13-14H2,2-5H3,(H,30,36)(H2,31,32,33). The number of benzene rings is 3. The summed E-state index contributed by atoms with van der Waals surface area (Å²) >= 11 is 0. The first kappa shape index (κ1) is 25.7. The SMILES string of the molecule is C=CC(=O)Nc1cc(Nc2n[nH]c3cc(-c4ccc(F)cc4)ccc23)c(OC)cc1N(C)CCN(C)C. The number of H-pyrrole nitrogens is 1. The molecule has 3 aromatic carbocycles. The molecule has 0 aliphatic heterocycles. The average Bonchev–Trinajstić information content (AvgIpc) is 3.29. The first-order chi connectivity index (χ1) is 17.8. The van der Waals surface area contributed by atoms with Gasteiger partial charge < -0.3 is 25.2 Å². The largest absolute Gasteiger partial charge is 0.494 e. The van der Waals surface area contributed by atoms with Gasteiger partial charge in [-0.2, -0.15) is 5.10 Å². The molecule has 0 spiro atoms. The number of nitrogens with one attached hydrogen (secondary N) is 3. The topological polar surface area (TPSA) is 85.5 Å². The highest BCUT2D eigenvalue weighted by Gasteiger charge is 2.17. The number of nitrogens with zero attached hydrogens (tertiary/aromatic N) is 3. The van der Waals surface area contributed by atoms with Gasteiger partial charge in [-0.1, -0.05) is 24.8 Å². The summed E-state index contributed by atoms with van der Waals surface area (Å²) < 4.78 is 19.0. The van der Waals surface area contributed by atoms with Gasteiger partial charge in [0, 0.05) is 31.6 Å². The number of ether oxygens (including phenoxy) is 1. The number of rotatable bonds is 10. The molecule has 8 nitrogen and oxygen atoms in total. The monoisotopic (exact) mass is 502 g/mol. The van der Waals surface area contributed by atoms with Crippen molar-refractivity contribution in [2.24, 2.45) is 0 Å². The number of hydrogen-bond donors (Lipinski definition) is 3. The van der Waals surface area contributed by atoms with Crippen molar-refractivity contribution in [3.05, 3.63) is 73.1 Å². The summed E-state index contributed by atoms with van der Waals surface area (Å²) in [4.78, 5) is 16.4. The van der Waals surface area contributed by atoms with E-state index in [4.69, 9.17) is 4.74 Å². The third kappa shape index (κ3) is 5.90. The number of anilines is 4. The fourth-order valence-electron chi connectivity index (χ4n) is 3.97. The van der Waals surface area contributed by atoms with Crippen LogP contribution in [-0.4, -0.2) is 62.3 Å². The minimum absolute atomic E-state index is 0.273. The minimum atomic E-state index is -0.308. The highest BCUT2D eigenvalue weighted by atomic mass is 19.1. The zero-order valence-electron chi connectivity index (χ0n) is 21.4. The maximum Gasteiger partial charge on any atom is 0.247 e. The van der Waals surface area contributed by atoms with Crippen molar-refractivity contribution in [2.75, 3.05) is 56.9 Å². The van der Waals surface area contributed by atoms with Gasteiger partial charge in [0.05, 0.1) is 29.7 Å². The number of carbonyl (C=O) groups is 1. The van der Waals surface area contributed by atoms with Crippen LogP contribution in [0.1, 0.15) is 0 Å². The second kappa shape index (κ2) is 11.1. The Balaban J connectivity index is 1.68. The molecule has 0 bridgehead atoms. The molecule has 0 aliphatic rings. The number of aromatic nitrogens is 2. The Hall–Kier alpha value is -4.37. The first-order valence-corrected chi connectivity index (χ1v) is 11.8. The summed E-state index contributed by atoms with van der Waals surface area (Å²) in [6.45, 7) is 5.16. The lowest BCUT2D eigenvalue weighted by molar-refractivity contribution is -0.111. The molecule has 0 aliphatic carbocycles. The molecule has 1 aromatic heterocycles. The van der Waals surface area contributed by atoms with E-state index in [0.29, 0.717) is 22.9 Å². The van der Waals surface area contributed by atoms with E-state index in [9.17, 15) is 9.18 Å². The summed E-state index contributed by atoms with van der Waals surface area (Å²) in [7, 11) is 7.59. The van der Waals surface area contributed by atoms with Gasteiger partial charge in [-0.05, 0) is 61.6 Å². The van der Waals surface area contributed by atoms with Gasteiger partial charge in [0.25, 0.3) is 0 Å². The van der Waals surface area contributed by atoms with Gasteiger partial charge >= 0.3 is 0 Å². The van der Waals surface area contributed by atoms with Crippen LogP contribution in [0, 0.1) is 5.82 Å². The molecule has 4 rings (SSSR count). The van der Waals surface area contributed by atoms with Crippen molar-refractivity contribution in [3.8, 4) is 16.9 Å². The van der Waals surface area contributed by atoms with Gasteiger partial charge in [0.15, 0.2) is 5.82 Å². The predicted molar refractivity (Wildman–Crippen MR) is 148 cm³/mol. The number of amides is 1. The summed E-state index contributed by atoms with van der Waals surface area (Å²) in [5.74, 6) is 0.623. The Labute approximate surface area is 215 Å². The molecule has 0 fully saturated rings. The Morgan fingerprint density at radius 3 is 2.46 bits per heavy atom. The summed E-state index contributed by atoms with van der Waals surface area (Å²) in [5, 5.41) is 14.6. The lowest BCUT2D eigenvalue weighted by Gasteiger charge is -2.26. The van der Waals surface area contributed by atoms with E-state index in [-0.39, 0.29) is 11.7 Å².